The van der Waals surface area contributed by atoms with Gasteiger partial charge in [0.25, 0.3) is 11.8 Å². The van der Waals surface area contributed by atoms with Gasteiger partial charge in [0, 0.05) is 32.5 Å². The summed E-state index contributed by atoms with van der Waals surface area (Å²) in [6, 6.07) is 24.1. The molecule has 3 N–H and O–H groups in total. The largest absolute Gasteiger partial charge is 0.338 e. The average molecular weight is 536 g/mol. The van der Waals surface area contributed by atoms with Crippen molar-refractivity contribution < 1.29 is 9.59 Å². The zero-order valence-corrected chi connectivity index (χ0v) is 20.7. The molecule has 0 bridgehead atoms. The third kappa shape index (κ3) is 5.21. The number of nitrogens with one attached hydrogen (secondary N) is 3. The lowest BCUT2D eigenvalue weighted by Gasteiger charge is -2.07. The van der Waals surface area contributed by atoms with E-state index in [9.17, 15) is 9.59 Å². The molecule has 0 fully saturated rings. The number of imidazole rings is 1. The minimum absolute atomic E-state index is 0.233. The monoisotopic (exact) mass is 534 g/mol. The molecule has 0 atom stereocenters. The van der Waals surface area contributed by atoms with Crippen LogP contribution in [0.2, 0.25) is 15.1 Å². The number of carbonyl (C=O) groups is 2. The van der Waals surface area contributed by atoms with Crippen LogP contribution in [0.3, 0.4) is 0 Å². The highest BCUT2D eigenvalue weighted by atomic mass is 35.5. The van der Waals surface area contributed by atoms with Crippen molar-refractivity contribution in [3.8, 4) is 11.4 Å². The Labute approximate surface area is 221 Å². The fourth-order valence-electron chi connectivity index (χ4n) is 3.61. The predicted octanol–water partition coefficient (Wildman–Crippen LogP) is 7.69. The van der Waals surface area contributed by atoms with E-state index in [0.717, 1.165) is 16.6 Å². The van der Waals surface area contributed by atoms with E-state index in [0.29, 0.717) is 38.4 Å². The highest BCUT2D eigenvalue weighted by Gasteiger charge is 2.12. The minimum Gasteiger partial charge on any atom is -0.338 e. The fourth-order valence-corrected chi connectivity index (χ4v) is 4.23. The summed E-state index contributed by atoms with van der Waals surface area (Å²) >= 11 is 17.9. The van der Waals surface area contributed by atoms with Crippen molar-refractivity contribution in [3.63, 3.8) is 0 Å². The Morgan fingerprint density at radius 2 is 1.36 bits per heavy atom. The minimum atomic E-state index is -0.332. The number of benzene rings is 4. The van der Waals surface area contributed by atoms with Crippen molar-refractivity contribution in [2.75, 3.05) is 10.6 Å². The van der Waals surface area contributed by atoms with Crippen molar-refractivity contribution in [2.24, 2.45) is 0 Å². The maximum Gasteiger partial charge on any atom is 0.257 e. The number of aromatic nitrogens is 2. The van der Waals surface area contributed by atoms with Crippen molar-refractivity contribution in [1.29, 1.82) is 0 Å². The molecular weight excluding hydrogens is 519 g/mol. The molecule has 0 unspecified atom stereocenters. The van der Waals surface area contributed by atoms with Crippen LogP contribution in [0.25, 0.3) is 22.4 Å². The number of amides is 2. The fraction of sp³-hybridized carbons (Fsp3) is 0. The number of hydrogen-bond donors (Lipinski definition) is 3. The molecule has 9 heteroatoms. The van der Waals surface area contributed by atoms with Gasteiger partial charge in [-0.2, -0.15) is 0 Å². The molecule has 0 saturated carbocycles. The first-order valence-corrected chi connectivity index (χ1v) is 11.9. The Morgan fingerprint density at radius 3 is 2.08 bits per heavy atom. The first kappa shape index (κ1) is 23.9. The number of aromatic amines is 1. The molecule has 0 spiro atoms. The first-order valence-electron chi connectivity index (χ1n) is 10.8. The van der Waals surface area contributed by atoms with Crippen LogP contribution in [0.15, 0.2) is 84.9 Å². The standard InChI is InChI=1S/C27H17Cl3N4O2/c28-17-5-1-16(2-6-17)26(35)32-20-10-12-23-24(14-20)34-25(33-23)15-3-8-19(9-4-15)31-27(36)21-11-7-18(29)13-22(21)30/h1-14H,(H,31,36)(H,32,35)(H,33,34). The van der Waals surface area contributed by atoms with Crippen LogP contribution in [-0.2, 0) is 0 Å². The number of fused-ring (bicyclic) bond motifs is 1. The van der Waals surface area contributed by atoms with Crippen molar-refractivity contribution >= 4 is 69.0 Å². The molecule has 0 aliphatic rings. The molecule has 36 heavy (non-hydrogen) atoms. The van der Waals surface area contributed by atoms with Crippen LogP contribution in [0.4, 0.5) is 11.4 Å². The van der Waals surface area contributed by atoms with E-state index < -0.39 is 0 Å². The van der Waals surface area contributed by atoms with E-state index in [1.54, 1.807) is 54.6 Å². The number of halogens is 3. The zero-order chi connectivity index (χ0) is 25.2. The Kier molecular flexibility index (Phi) is 6.65. The van der Waals surface area contributed by atoms with Crippen LogP contribution in [0.5, 0.6) is 0 Å². The van der Waals surface area contributed by atoms with E-state index in [2.05, 4.69) is 20.6 Å². The van der Waals surface area contributed by atoms with Gasteiger partial charge in [-0.3, -0.25) is 9.59 Å². The molecule has 1 aromatic heterocycles. The summed E-state index contributed by atoms with van der Waals surface area (Å²) in [5, 5.41) is 7.01. The number of hydrogen-bond acceptors (Lipinski definition) is 3. The van der Waals surface area contributed by atoms with Gasteiger partial charge in [0.15, 0.2) is 0 Å². The second-order valence-corrected chi connectivity index (χ2v) is 9.21. The molecule has 5 rings (SSSR count). The Bertz CT molecular complexity index is 1600. The van der Waals surface area contributed by atoms with Crippen LogP contribution in [0, 0.1) is 0 Å². The summed E-state index contributed by atoms with van der Waals surface area (Å²) in [6.07, 6.45) is 0. The number of anilines is 2. The van der Waals surface area contributed by atoms with E-state index in [1.165, 1.54) is 6.07 Å². The van der Waals surface area contributed by atoms with Gasteiger partial charge in [0.1, 0.15) is 5.82 Å². The molecule has 4 aromatic carbocycles. The molecular formula is C27H17Cl3N4O2. The van der Waals surface area contributed by atoms with Gasteiger partial charge in [-0.05, 0) is 84.9 Å². The van der Waals surface area contributed by atoms with Gasteiger partial charge in [0.2, 0.25) is 0 Å². The Morgan fingerprint density at radius 1 is 0.694 bits per heavy atom. The van der Waals surface area contributed by atoms with Crippen LogP contribution >= 0.6 is 34.8 Å². The summed E-state index contributed by atoms with van der Waals surface area (Å²) in [6.45, 7) is 0. The van der Waals surface area contributed by atoms with E-state index >= 15 is 0 Å². The Balaban J connectivity index is 1.30. The topological polar surface area (TPSA) is 86.9 Å². The maximum atomic E-state index is 12.5. The van der Waals surface area contributed by atoms with Crippen molar-refractivity contribution in [2.45, 2.75) is 0 Å². The smallest absolute Gasteiger partial charge is 0.257 e. The van der Waals surface area contributed by atoms with Gasteiger partial charge in [0.05, 0.1) is 21.6 Å². The van der Waals surface area contributed by atoms with Gasteiger partial charge >= 0.3 is 0 Å². The van der Waals surface area contributed by atoms with Gasteiger partial charge < -0.3 is 15.6 Å². The number of rotatable bonds is 5. The molecule has 178 valence electrons. The second kappa shape index (κ2) is 10.0. The van der Waals surface area contributed by atoms with Crippen LogP contribution in [-0.4, -0.2) is 21.8 Å². The van der Waals surface area contributed by atoms with E-state index in [-0.39, 0.29) is 16.8 Å². The zero-order valence-electron chi connectivity index (χ0n) is 18.5. The summed E-state index contributed by atoms with van der Waals surface area (Å²) < 4.78 is 0. The molecule has 0 saturated heterocycles. The summed E-state index contributed by atoms with van der Waals surface area (Å²) in [7, 11) is 0. The molecule has 2 amide bonds. The third-order valence-corrected chi connectivity index (χ3v) is 6.24. The lowest BCUT2D eigenvalue weighted by Crippen LogP contribution is -2.12. The summed E-state index contributed by atoms with van der Waals surface area (Å²) in [4.78, 5) is 32.9. The third-order valence-electron chi connectivity index (χ3n) is 5.44. The lowest BCUT2D eigenvalue weighted by molar-refractivity contribution is 0.101. The maximum absolute atomic E-state index is 12.5. The number of nitrogens with zero attached hydrogens (tertiary/aromatic N) is 1. The highest BCUT2D eigenvalue weighted by Crippen LogP contribution is 2.26. The molecule has 5 aromatic rings. The normalized spacial score (nSPS) is 10.9. The summed E-state index contributed by atoms with van der Waals surface area (Å²) in [5.74, 6) is 0.0920. The highest BCUT2D eigenvalue weighted by molar-refractivity contribution is 6.37. The average Bonchev–Trinajstić information content (AvgIpc) is 3.28. The quantitative estimate of drug-likeness (QED) is 0.215. The second-order valence-electron chi connectivity index (χ2n) is 7.93. The Hall–Kier alpha value is -3.84. The lowest BCUT2D eigenvalue weighted by atomic mass is 10.1. The van der Waals surface area contributed by atoms with Crippen LogP contribution in [0.1, 0.15) is 20.7 Å². The molecule has 0 radical (unpaired) electrons. The number of carbonyl (C=O) groups excluding carboxylic acids is 2. The van der Waals surface area contributed by atoms with Crippen molar-refractivity contribution in [3.05, 3.63) is 111 Å². The number of H-pyrrole nitrogens is 1. The van der Waals surface area contributed by atoms with Gasteiger partial charge in [-0.15, -0.1) is 0 Å². The summed E-state index contributed by atoms with van der Waals surface area (Å²) in [5.41, 5.74) is 4.45. The van der Waals surface area contributed by atoms with E-state index in [4.69, 9.17) is 34.8 Å². The van der Waals surface area contributed by atoms with Gasteiger partial charge in [-0.1, -0.05) is 34.8 Å². The van der Waals surface area contributed by atoms with Crippen molar-refractivity contribution in [1.82, 2.24) is 9.97 Å². The van der Waals surface area contributed by atoms with Gasteiger partial charge in [-0.25, -0.2) is 4.98 Å². The predicted molar refractivity (Wildman–Crippen MR) is 145 cm³/mol. The molecule has 0 aliphatic heterocycles. The van der Waals surface area contributed by atoms with E-state index in [1.807, 2.05) is 24.3 Å². The molecule has 6 nitrogen and oxygen atoms in total. The van der Waals surface area contributed by atoms with Crippen LogP contribution < -0.4 is 10.6 Å². The SMILES string of the molecule is O=C(Nc1ccc2nc(-c3ccc(NC(=O)c4ccc(Cl)cc4Cl)cc3)[nH]c2c1)c1ccc(Cl)cc1. The first-order chi connectivity index (χ1) is 17.4. The molecule has 0 aliphatic carbocycles. The molecule has 1 heterocycles.